The van der Waals surface area contributed by atoms with Crippen LogP contribution in [0, 0.1) is 0 Å². The van der Waals surface area contributed by atoms with Gasteiger partial charge in [0.1, 0.15) is 0 Å². The van der Waals surface area contributed by atoms with Crippen LogP contribution in [0.2, 0.25) is 0 Å². The number of carbonyl (C=O) groups is 2. The molecule has 0 radical (unpaired) electrons. The van der Waals surface area contributed by atoms with Crippen LogP contribution in [0.25, 0.3) is 0 Å². The third-order valence-electron chi connectivity index (χ3n) is 4.00. The molecule has 1 aliphatic rings. The number of esters is 1. The lowest BCUT2D eigenvalue weighted by atomic mass is 10.1. The van der Waals surface area contributed by atoms with Gasteiger partial charge in [0.15, 0.2) is 6.23 Å². The lowest BCUT2D eigenvalue weighted by Crippen LogP contribution is -2.37. The number of nitrogens with two attached hydrogens (primary N) is 1. The molecule has 1 heterocycles. The Morgan fingerprint density at radius 1 is 1.22 bits per heavy atom. The normalized spacial score (nSPS) is 15.2. The van der Waals surface area contributed by atoms with Crippen molar-refractivity contribution in [1.82, 2.24) is 4.90 Å². The van der Waals surface area contributed by atoms with Crippen LogP contribution in [0.3, 0.4) is 0 Å². The Labute approximate surface area is 139 Å². The summed E-state index contributed by atoms with van der Waals surface area (Å²) < 4.78 is 5.42. The van der Waals surface area contributed by atoms with E-state index in [0.717, 1.165) is 12.8 Å². The molecule has 130 valence electrons. The third-order valence-corrected chi connectivity index (χ3v) is 4.00. The number of nitrogens with zero attached hydrogens (tertiary/aromatic N) is 1. The number of hydrogen-bond donors (Lipinski definition) is 1. The first kappa shape index (κ1) is 19.3. The fourth-order valence-electron chi connectivity index (χ4n) is 2.52. The molecule has 0 fully saturated rings. The summed E-state index contributed by atoms with van der Waals surface area (Å²) in [6.45, 7) is 4.38. The van der Waals surface area contributed by atoms with E-state index in [-0.39, 0.29) is 5.97 Å². The minimum absolute atomic E-state index is 0.186. The molecule has 2 N–H and O–H groups in total. The molecule has 0 aromatic carbocycles. The number of unbranched alkanes of at least 4 members (excludes halogenated alkanes) is 6. The Hall–Kier alpha value is -1.78. The van der Waals surface area contributed by atoms with Crippen LogP contribution >= 0.6 is 0 Å². The molecule has 5 heteroatoms. The van der Waals surface area contributed by atoms with Crippen LogP contribution in [0.5, 0.6) is 0 Å². The predicted molar refractivity (Wildman–Crippen MR) is 91.3 cm³/mol. The van der Waals surface area contributed by atoms with Gasteiger partial charge in [0.25, 0.3) is 0 Å². The lowest BCUT2D eigenvalue weighted by molar-refractivity contribution is -0.155. The second kappa shape index (κ2) is 10.9. The van der Waals surface area contributed by atoms with Crippen molar-refractivity contribution in [3.8, 4) is 0 Å². The van der Waals surface area contributed by atoms with Crippen LogP contribution in [0.4, 0.5) is 0 Å². The number of hydrogen-bond acceptors (Lipinski definition) is 4. The first-order valence-electron chi connectivity index (χ1n) is 8.67. The molecule has 23 heavy (non-hydrogen) atoms. The van der Waals surface area contributed by atoms with E-state index in [9.17, 15) is 9.59 Å². The van der Waals surface area contributed by atoms with Gasteiger partial charge >= 0.3 is 5.97 Å². The van der Waals surface area contributed by atoms with E-state index < -0.39 is 12.1 Å². The second-order valence-electron chi connectivity index (χ2n) is 6.03. The molecular formula is C18H30N2O3. The number of allylic oxidation sites excluding steroid dienone is 2. The van der Waals surface area contributed by atoms with Crippen LogP contribution in [-0.2, 0) is 14.3 Å². The van der Waals surface area contributed by atoms with Crippen LogP contribution in [0.15, 0.2) is 23.9 Å². The minimum atomic E-state index is -0.444. The number of ether oxygens (including phenoxy) is 1. The number of amides is 1. The number of carbonyl (C=O) groups excluding carboxylic acids is 2. The van der Waals surface area contributed by atoms with Gasteiger partial charge in [-0.1, -0.05) is 51.5 Å². The van der Waals surface area contributed by atoms with Crippen molar-refractivity contribution in [3.05, 3.63) is 23.9 Å². The molecule has 0 saturated heterocycles. The molecule has 5 nitrogen and oxygen atoms in total. The summed E-state index contributed by atoms with van der Waals surface area (Å²) in [6.07, 6.45) is 13.5. The highest BCUT2D eigenvalue weighted by Crippen LogP contribution is 2.13. The van der Waals surface area contributed by atoms with Crippen molar-refractivity contribution in [2.45, 2.75) is 71.4 Å². The second-order valence-corrected chi connectivity index (χ2v) is 6.03. The summed E-state index contributed by atoms with van der Waals surface area (Å²) in [6, 6.07) is 0. The number of primary amides is 1. The standard InChI is InChI=1S/C18H30N2O3/c1-3-4-5-6-7-8-9-12-17(21)23-15(2)20-13-10-11-16(14-20)18(19)22/h10-11,13,15H,3-9,12,14H2,1-2H3,(H2,19,22). The Bertz CT molecular complexity index is 444. The van der Waals surface area contributed by atoms with Crippen LogP contribution in [0.1, 0.15) is 65.2 Å². The van der Waals surface area contributed by atoms with Crippen molar-refractivity contribution in [2.75, 3.05) is 6.54 Å². The van der Waals surface area contributed by atoms with E-state index in [1.807, 2.05) is 0 Å². The van der Waals surface area contributed by atoms with Crippen molar-refractivity contribution < 1.29 is 14.3 Å². The maximum absolute atomic E-state index is 11.9. The topological polar surface area (TPSA) is 72.6 Å². The summed E-state index contributed by atoms with van der Waals surface area (Å²) in [4.78, 5) is 24.9. The highest BCUT2D eigenvalue weighted by atomic mass is 16.6. The summed E-state index contributed by atoms with van der Waals surface area (Å²) in [7, 11) is 0. The molecule has 1 aliphatic heterocycles. The molecule has 0 saturated carbocycles. The minimum Gasteiger partial charge on any atom is -0.442 e. The zero-order valence-corrected chi connectivity index (χ0v) is 14.4. The van der Waals surface area contributed by atoms with E-state index in [4.69, 9.17) is 10.5 Å². The number of rotatable bonds is 11. The summed E-state index contributed by atoms with van der Waals surface area (Å²) in [5, 5.41) is 0. The third kappa shape index (κ3) is 7.86. The molecular weight excluding hydrogens is 292 g/mol. The Balaban J connectivity index is 2.18. The average molecular weight is 322 g/mol. The maximum Gasteiger partial charge on any atom is 0.307 e. The molecule has 0 aromatic heterocycles. The van der Waals surface area contributed by atoms with Crippen molar-refractivity contribution >= 4 is 11.9 Å². The Morgan fingerprint density at radius 2 is 1.87 bits per heavy atom. The van der Waals surface area contributed by atoms with Gasteiger partial charge in [-0.3, -0.25) is 9.59 Å². The van der Waals surface area contributed by atoms with Crippen molar-refractivity contribution in [3.63, 3.8) is 0 Å². The monoisotopic (exact) mass is 322 g/mol. The van der Waals surface area contributed by atoms with Gasteiger partial charge in [-0.05, 0) is 19.4 Å². The van der Waals surface area contributed by atoms with Gasteiger partial charge in [-0.2, -0.15) is 0 Å². The van der Waals surface area contributed by atoms with Gasteiger partial charge in [-0.15, -0.1) is 0 Å². The lowest BCUT2D eigenvalue weighted by Gasteiger charge is -2.29. The fourth-order valence-corrected chi connectivity index (χ4v) is 2.52. The molecule has 1 atom stereocenters. The van der Waals surface area contributed by atoms with Gasteiger partial charge < -0.3 is 15.4 Å². The van der Waals surface area contributed by atoms with E-state index in [1.165, 1.54) is 32.1 Å². The van der Waals surface area contributed by atoms with Crippen molar-refractivity contribution in [2.24, 2.45) is 5.73 Å². The highest BCUT2D eigenvalue weighted by molar-refractivity contribution is 5.92. The van der Waals surface area contributed by atoms with Gasteiger partial charge in [0.2, 0.25) is 5.91 Å². The summed E-state index contributed by atoms with van der Waals surface area (Å²) >= 11 is 0. The smallest absolute Gasteiger partial charge is 0.307 e. The first-order valence-corrected chi connectivity index (χ1v) is 8.67. The van der Waals surface area contributed by atoms with Gasteiger partial charge in [0.05, 0.1) is 6.54 Å². The molecule has 0 aliphatic carbocycles. The Morgan fingerprint density at radius 3 is 2.52 bits per heavy atom. The van der Waals surface area contributed by atoms with E-state index in [2.05, 4.69) is 6.92 Å². The van der Waals surface area contributed by atoms with Crippen LogP contribution in [-0.4, -0.2) is 29.5 Å². The van der Waals surface area contributed by atoms with E-state index in [1.54, 1.807) is 30.2 Å². The molecule has 0 bridgehead atoms. The summed E-state index contributed by atoms with van der Waals surface area (Å²) in [5.74, 6) is -0.629. The molecule has 1 rings (SSSR count). The highest BCUT2D eigenvalue weighted by Gasteiger charge is 2.19. The van der Waals surface area contributed by atoms with Crippen LogP contribution < -0.4 is 5.73 Å². The zero-order valence-electron chi connectivity index (χ0n) is 14.4. The average Bonchev–Trinajstić information content (AvgIpc) is 2.54. The largest absolute Gasteiger partial charge is 0.442 e. The van der Waals surface area contributed by atoms with E-state index >= 15 is 0 Å². The molecule has 1 amide bonds. The van der Waals surface area contributed by atoms with E-state index in [0.29, 0.717) is 18.5 Å². The first-order chi connectivity index (χ1) is 11.0. The summed E-state index contributed by atoms with van der Waals surface area (Å²) in [5.41, 5.74) is 5.80. The Kier molecular flexibility index (Phi) is 9.10. The predicted octanol–water partition coefficient (Wildman–Crippen LogP) is 3.26. The zero-order chi connectivity index (χ0) is 17.1. The quantitative estimate of drug-likeness (QED) is 0.468. The maximum atomic E-state index is 11.9. The van der Waals surface area contributed by atoms with Gasteiger partial charge in [-0.25, -0.2) is 0 Å². The SMILES string of the molecule is CCCCCCCCCC(=O)OC(C)N1C=CC=C(C(N)=O)C1. The molecule has 1 unspecified atom stereocenters. The van der Waals surface area contributed by atoms with Crippen molar-refractivity contribution in [1.29, 1.82) is 0 Å². The molecule has 0 aromatic rings. The molecule has 0 spiro atoms. The fraction of sp³-hybridized carbons (Fsp3) is 0.667. The van der Waals surface area contributed by atoms with Gasteiger partial charge in [0, 0.05) is 18.2 Å².